The Kier molecular flexibility index (Phi) is 4.61. The second-order valence-corrected chi connectivity index (χ2v) is 3.92. The molecule has 12 heavy (non-hydrogen) atoms. The van der Waals surface area contributed by atoms with Gasteiger partial charge in [0.1, 0.15) is 6.10 Å². The maximum Gasteiger partial charge on any atom is 0.311 e. The van der Waals surface area contributed by atoms with E-state index in [1.54, 1.807) is 6.92 Å². The van der Waals surface area contributed by atoms with Crippen molar-refractivity contribution >= 4 is 17.6 Å². The van der Waals surface area contributed by atoms with E-state index >= 15 is 0 Å². The van der Waals surface area contributed by atoms with E-state index in [4.69, 9.17) is 16.3 Å². The minimum Gasteiger partial charge on any atom is -0.461 e. The highest BCUT2D eigenvalue weighted by molar-refractivity contribution is 6.18. The molecule has 0 aromatic rings. The normalized spacial score (nSPS) is 14.1. The van der Waals surface area contributed by atoms with E-state index in [1.165, 1.54) is 0 Å². The Morgan fingerprint density at radius 3 is 2.42 bits per heavy atom. The molecule has 0 N–H and O–H groups in total. The van der Waals surface area contributed by atoms with E-state index in [2.05, 4.69) is 0 Å². The van der Waals surface area contributed by atoms with Gasteiger partial charge in [-0.2, -0.15) is 0 Å². The molecule has 0 heterocycles. The van der Waals surface area contributed by atoms with Gasteiger partial charge in [0.2, 0.25) is 0 Å². The molecule has 0 rings (SSSR count). The zero-order valence-electron chi connectivity index (χ0n) is 8.19. The molecule has 0 amide bonds. The zero-order chi connectivity index (χ0) is 9.78. The number of hydrogen-bond acceptors (Lipinski definition) is 2. The van der Waals surface area contributed by atoms with Gasteiger partial charge in [0.05, 0.1) is 11.3 Å². The van der Waals surface area contributed by atoms with Gasteiger partial charge in [0.15, 0.2) is 0 Å². The van der Waals surface area contributed by atoms with Crippen molar-refractivity contribution in [2.24, 2.45) is 5.41 Å². The topological polar surface area (TPSA) is 26.3 Å². The van der Waals surface area contributed by atoms with Gasteiger partial charge in [0, 0.05) is 0 Å². The lowest BCUT2D eigenvalue weighted by atomic mass is 9.91. The van der Waals surface area contributed by atoms with E-state index in [1.807, 2.05) is 20.8 Å². The lowest BCUT2D eigenvalue weighted by Gasteiger charge is -2.22. The minimum atomic E-state index is -0.389. The Morgan fingerprint density at radius 1 is 1.58 bits per heavy atom. The van der Waals surface area contributed by atoms with E-state index < -0.39 is 0 Å². The third-order valence-electron chi connectivity index (χ3n) is 1.96. The molecule has 72 valence electrons. The second-order valence-electron chi connectivity index (χ2n) is 3.61. The van der Waals surface area contributed by atoms with Crippen LogP contribution in [0.25, 0.3) is 0 Å². The van der Waals surface area contributed by atoms with Gasteiger partial charge in [-0.1, -0.05) is 6.92 Å². The van der Waals surface area contributed by atoms with E-state index in [0.29, 0.717) is 5.88 Å². The molecule has 2 nitrogen and oxygen atoms in total. The zero-order valence-corrected chi connectivity index (χ0v) is 8.94. The molecular formula is C9H17ClO2. The second kappa shape index (κ2) is 4.70. The van der Waals surface area contributed by atoms with Crippen molar-refractivity contribution in [1.29, 1.82) is 0 Å². The largest absolute Gasteiger partial charge is 0.461 e. The summed E-state index contributed by atoms with van der Waals surface area (Å²) < 4.78 is 5.08. The molecule has 0 saturated heterocycles. The number of halogens is 1. The third kappa shape index (κ3) is 3.44. The average molecular weight is 193 g/mol. The predicted molar refractivity (Wildman–Crippen MR) is 50.3 cm³/mol. The van der Waals surface area contributed by atoms with Gasteiger partial charge in [-0.15, -0.1) is 11.6 Å². The molecule has 0 aromatic heterocycles. The highest BCUT2D eigenvalue weighted by atomic mass is 35.5. The number of ether oxygens (including phenoxy) is 1. The summed E-state index contributed by atoms with van der Waals surface area (Å²) in [6.45, 7) is 7.50. The van der Waals surface area contributed by atoms with Crippen molar-refractivity contribution in [1.82, 2.24) is 0 Å². The fourth-order valence-corrected chi connectivity index (χ4v) is 0.581. The van der Waals surface area contributed by atoms with Gasteiger partial charge in [-0.3, -0.25) is 4.79 Å². The van der Waals surface area contributed by atoms with Gasteiger partial charge in [-0.05, 0) is 27.2 Å². The molecule has 0 aromatic carbocycles. The Morgan fingerprint density at radius 2 is 2.08 bits per heavy atom. The lowest BCUT2D eigenvalue weighted by Crippen LogP contribution is -2.29. The van der Waals surface area contributed by atoms with Crippen LogP contribution in [-0.2, 0) is 9.53 Å². The molecule has 1 atom stereocenters. The Bertz CT molecular complexity index is 155. The van der Waals surface area contributed by atoms with Crippen LogP contribution in [0, 0.1) is 5.41 Å². The monoisotopic (exact) mass is 192 g/mol. The van der Waals surface area contributed by atoms with Crippen LogP contribution < -0.4 is 0 Å². The predicted octanol–water partition coefficient (Wildman–Crippen LogP) is 2.59. The summed E-state index contributed by atoms with van der Waals surface area (Å²) in [4.78, 5) is 11.4. The number of carbonyl (C=O) groups excluding carboxylic acids is 1. The van der Waals surface area contributed by atoms with Crippen LogP contribution in [-0.4, -0.2) is 18.0 Å². The number of rotatable bonds is 4. The summed E-state index contributed by atoms with van der Waals surface area (Å²) in [5.74, 6) is 0.184. The summed E-state index contributed by atoms with van der Waals surface area (Å²) in [6, 6.07) is 0. The first-order chi connectivity index (χ1) is 5.44. The van der Waals surface area contributed by atoms with Crippen LogP contribution in [0.3, 0.4) is 0 Å². The maximum absolute atomic E-state index is 11.4. The fourth-order valence-electron chi connectivity index (χ4n) is 0.518. The molecule has 0 aliphatic carbocycles. The quantitative estimate of drug-likeness (QED) is 0.506. The summed E-state index contributed by atoms with van der Waals surface area (Å²) in [6.07, 6.45) is 0.589. The minimum absolute atomic E-state index is 0.168. The van der Waals surface area contributed by atoms with Gasteiger partial charge < -0.3 is 4.74 Å². The molecule has 3 heteroatoms. The van der Waals surface area contributed by atoms with Crippen molar-refractivity contribution in [3.63, 3.8) is 0 Å². The van der Waals surface area contributed by atoms with Crippen LogP contribution in [0.2, 0.25) is 0 Å². The molecule has 0 aliphatic heterocycles. The third-order valence-corrected chi connectivity index (χ3v) is 2.40. The van der Waals surface area contributed by atoms with Gasteiger partial charge in [-0.25, -0.2) is 0 Å². The van der Waals surface area contributed by atoms with E-state index in [0.717, 1.165) is 6.42 Å². The molecule has 0 aliphatic rings. The number of alkyl halides is 1. The van der Waals surface area contributed by atoms with Gasteiger partial charge in [0.25, 0.3) is 0 Å². The molecule has 1 unspecified atom stereocenters. The lowest BCUT2D eigenvalue weighted by molar-refractivity contribution is -0.157. The van der Waals surface area contributed by atoms with Gasteiger partial charge >= 0.3 is 5.97 Å². The van der Waals surface area contributed by atoms with Crippen molar-refractivity contribution in [2.75, 3.05) is 5.88 Å². The van der Waals surface area contributed by atoms with Crippen molar-refractivity contribution in [3.05, 3.63) is 0 Å². The first-order valence-corrected chi connectivity index (χ1v) is 4.74. The molecular weight excluding hydrogens is 176 g/mol. The average Bonchev–Trinajstić information content (AvgIpc) is 2.04. The molecule has 0 fully saturated rings. The Hall–Kier alpha value is -0.240. The molecule has 0 bridgehead atoms. The fraction of sp³-hybridized carbons (Fsp3) is 0.889. The van der Waals surface area contributed by atoms with E-state index in [-0.39, 0.29) is 17.5 Å². The molecule has 0 spiro atoms. The van der Waals surface area contributed by atoms with Crippen LogP contribution in [0.4, 0.5) is 0 Å². The van der Waals surface area contributed by atoms with Crippen LogP contribution in [0.1, 0.15) is 34.1 Å². The van der Waals surface area contributed by atoms with Crippen molar-refractivity contribution < 1.29 is 9.53 Å². The smallest absolute Gasteiger partial charge is 0.311 e. The maximum atomic E-state index is 11.4. The standard InChI is InChI=1S/C9H17ClO2/c1-5-9(3,4)8(11)12-7(2)6-10/h7H,5-6H2,1-4H3. The van der Waals surface area contributed by atoms with Crippen LogP contribution in [0.15, 0.2) is 0 Å². The number of hydrogen-bond donors (Lipinski definition) is 0. The molecule has 0 radical (unpaired) electrons. The first-order valence-electron chi connectivity index (χ1n) is 4.21. The first kappa shape index (κ1) is 11.8. The summed E-state index contributed by atoms with van der Waals surface area (Å²) >= 11 is 5.51. The van der Waals surface area contributed by atoms with Crippen LogP contribution in [0.5, 0.6) is 0 Å². The van der Waals surface area contributed by atoms with Crippen molar-refractivity contribution in [2.45, 2.75) is 40.2 Å². The van der Waals surface area contributed by atoms with E-state index in [9.17, 15) is 4.79 Å². The Balaban J connectivity index is 4.03. The highest BCUT2D eigenvalue weighted by Crippen LogP contribution is 2.22. The summed E-state index contributed by atoms with van der Waals surface area (Å²) in [5, 5.41) is 0. The molecule has 0 saturated carbocycles. The number of esters is 1. The van der Waals surface area contributed by atoms with Crippen molar-refractivity contribution in [3.8, 4) is 0 Å². The summed E-state index contributed by atoms with van der Waals surface area (Å²) in [5.41, 5.74) is -0.389. The Labute approximate surface area is 79.2 Å². The summed E-state index contributed by atoms with van der Waals surface area (Å²) in [7, 11) is 0. The van der Waals surface area contributed by atoms with Crippen LogP contribution >= 0.6 is 11.6 Å². The number of carbonyl (C=O) groups is 1. The highest BCUT2D eigenvalue weighted by Gasteiger charge is 2.28. The SMILES string of the molecule is CCC(C)(C)C(=O)OC(C)CCl.